The molecule has 0 saturated carbocycles. The Morgan fingerprint density at radius 1 is 1.20 bits per heavy atom. The number of halogens is 1. The van der Waals surface area contributed by atoms with Gasteiger partial charge in [-0.1, -0.05) is 5.16 Å². The van der Waals surface area contributed by atoms with Crippen molar-refractivity contribution in [2.45, 2.75) is 18.8 Å². The van der Waals surface area contributed by atoms with Gasteiger partial charge in [0.15, 0.2) is 0 Å². The predicted octanol–water partition coefficient (Wildman–Crippen LogP) is 0.413. The van der Waals surface area contributed by atoms with E-state index in [4.69, 9.17) is 4.52 Å². The van der Waals surface area contributed by atoms with E-state index in [-0.39, 0.29) is 5.82 Å². The molecule has 2 N–H and O–H groups in total. The Morgan fingerprint density at radius 2 is 1.85 bits per heavy atom. The van der Waals surface area contributed by atoms with E-state index in [0.717, 1.165) is 0 Å². The molecule has 1 saturated heterocycles. The Labute approximate surface area is 114 Å². The largest absolute Gasteiger partial charge is 0.389 e. The fraction of sp³-hybridized carbons (Fsp3) is 0.385. The highest BCUT2D eigenvalue weighted by atomic mass is 19.1. The van der Waals surface area contributed by atoms with Crippen LogP contribution in [0.5, 0.6) is 0 Å². The van der Waals surface area contributed by atoms with E-state index in [1.54, 1.807) is 12.1 Å². The van der Waals surface area contributed by atoms with Crippen molar-refractivity contribution in [3.63, 3.8) is 0 Å². The van der Waals surface area contributed by atoms with E-state index >= 15 is 0 Å². The second-order valence-electron chi connectivity index (χ2n) is 4.85. The molecule has 20 heavy (non-hydrogen) atoms. The number of benzene rings is 1. The van der Waals surface area contributed by atoms with Gasteiger partial charge in [-0.3, -0.25) is 4.90 Å². The molecule has 0 amide bonds. The van der Waals surface area contributed by atoms with Gasteiger partial charge in [0.25, 0.3) is 0 Å². The van der Waals surface area contributed by atoms with Crippen LogP contribution >= 0.6 is 0 Å². The molecule has 3 rings (SSSR count). The fourth-order valence-electron chi connectivity index (χ4n) is 2.20. The van der Waals surface area contributed by atoms with E-state index in [9.17, 15) is 14.6 Å². The number of hydrogen-bond acceptors (Lipinski definition) is 6. The standard InChI is InChI=1S/C13H14FN3O3/c14-9-3-1-8(2-4-9)13-15-12(20-16-13)7-17-5-10(18)11(19)6-17/h1-4,10-11,18-19H,5-7H2/t10-,11+. The first kappa shape index (κ1) is 13.2. The fourth-order valence-corrected chi connectivity index (χ4v) is 2.20. The lowest BCUT2D eigenvalue weighted by molar-refractivity contribution is 0.0572. The Kier molecular flexibility index (Phi) is 3.47. The molecule has 0 bridgehead atoms. The van der Waals surface area contributed by atoms with Gasteiger partial charge in [-0.25, -0.2) is 4.39 Å². The van der Waals surface area contributed by atoms with Crippen LogP contribution in [-0.4, -0.2) is 50.6 Å². The molecule has 0 unspecified atom stereocenters. The average molecular weight is 279 g/mol. The molecule has 0 aliphatic carbocycles. The summed E-state index contributed by atoms with van der Waals surface area (Å²) in [4.78, 5) is 6.05. The first-order valence-corrected chi connectivity index (χ1v) is 6.29. The number of likely N-dealkylation sites (tertiary alicyclic amines) is 1. The van der Waals surface area contributed by atoms with E-state index in [0.29, 0.717) is 36.9 Å². The highest BCUT2D eigenvalue weighted by molar-refractivity contribution is 5.53. The summed E-state index contributed by atoms with van der Waals surface area (Å²) in [5.74, 6) is 0.462. The van der Waals surface area contributed by atoms with Gasteiger partial charge in [-0.05, 0) is 24.3 Å². The monoisotopic (exact) mass is 279 g/mol. The van der Waals surface area contributed by atoms with Crippen LogP contribution in [0.25, 0.3) is 11.4 Å². The highest BCUT2D eigenvalue weighted by Crippen LogP contribution is 2.18. The third-order valence-corrected chi connectivity index (χ3v) is 3.26. The maximum atomic E-state index is 12.8. The Morgan fingerprint density at radius 3 is 2.50 bits per heavy atom. The number of rotatable bonds is 3. The van der Waals surface area contributed by atoms with Gasteiger partial charge in [0.2, 0.25) is 11.7 Å². The van der Waals surface area contributed by atoms with Gasteiger partial charge in [0.1, 0.15) is 5.82 Å². The molecule has 1 aliphatic rings. The lowest BCUT2D eigenvalue weighted by atomic mass is 10.2. The van der Waals surface area contributed by atoms with Crippen LogP contribution in [0.4, 0.5) is 4.39 Å². The van der Waals surface area contributed by atoms with Crippen LogP contribution in [0.1, 0.15) is 5.89 Å². The van der Waals surface area contributed by atoms with Crippen LogP contribution in [0.2, 0.25) is 0 Å². The number of β-amino-alcohol motifs (C(OH)–C–C–N with tert-alkyl or cyclic N) is 2. The van der Waals surface area contributed by atoms with Gasteiger partial charge in [-0.15, -0.1) is 0 Å². The number of hydrogen-bond donors (Lipinski definition) is 2. The number of aromatic nitrogens is 2. The molecule has 1 aliphatic heterocycles. The summed E-state index contributed by atoms with van der Waals surface area (Å²) < 4.78 is 18.0. The first-order valence-electron chi connectivity index (χ1n) is 6.29. The van der Waals surface area contributed by atoms with Gasteiger partial charge >= 0.3 is 0 Å². The minimum absolute atomic E-state index is 0.322. The predicted molar refractivity (Wildman–Crippen MR) is 67.0 cm³/mol. The van der Waals surface area contributed by atoms with Crippen LogP contribution in [0.3, 0.4) is 0 Å². The van der Waals surface area contributed by atoms with Crippen LogP contribution < -0.4 is 0 Å². The smallest absolute Gasteiger partial charge is 0.241 e. The Hall–Kier alpha value is -1.83. The van der Waals surface area contributed by atoms with Crippen LogP contribution in [0.15, 0.2) is 28.8 Å². The van der Waals surface area contributed by atoms with Crippen LogP contribution in [-0.2, 0) is 6.54 Å². The summed E-state index contributed by atoms with van der Waals surface area (Å²) in [5, 5.41) is 22.8. The number of aliphatic hydroxyl groups is 2. The zero-order valence-corrected chi connectivity index (χ0v) is 10.6. The molecule has 0 spiro atoms. The minimum atomic E-state index is -0.741. The summed E-state index contributed by atoms with van der Waals surface area (Å²) in [7, 11) is 0. The van der Waals surface area contributed by atoms with Crippen molar-refractivity contribution in [3.8, 4) is 11.4 Å². The van der Waals surface area contributed by atoms with Gasteiger partial charge in [-0.2, -0.15) is 4.98 Å². The Balaban J connectivity index is 1.69. The lowest BCUT2D eigenvalue weighted by Gasteiger charge is -2.10. The topological polar surface area (TPSA) is 82.6 Å². The molecule has 6 nitrogen and oxygen atoms in total. The molecule has 1 aromatic heterocycles. The van der Waals surface area contributed by atoms with Gasteiger partial charge < -0.3 is 14.7 Å². The first-order chi connectivity index (χ1) is 9.61. The summed E-state index contributed by atoms with van der Waals surface area (Å²) in [6.07, 6.45) is -1.48. The summed E-state index contributed by atoms with van der Waals surface area (Å²) in [6.45, 7) is 1.10. The quantitative estimate of drug-likeness (QED) is 0.847. The summed E-state index contributed by atoms with van der Waals surface area (Å²) in [5.41, 5.74) is 0.669. The molecule has 2 heterocycles. The molecule has 7 heteroatoms. The van der Waals surface area contributed by atoms with E-state index < -0.39 is 12.2 Å². The second-order valence-corrected chi connectivity index (χ2v) is 4.85. The van der Waals surface area contributed by atoms with Gasteiger partial charge in [0, 0.05) is 18.7 Å². The molecule has 2 aromatic rings. The zero-order chi connectivity index (χ0) is 14.1. The molecular weight excluding hydrogens is 265 g/mol. The van der Waals surface area contributed by atoms with E-state index in [2.05, 4.69) is 10.1 Å². The summed E-state index contributed by atoms with van der Waals surface area (Å²) in [6, 6.07) is 5.82. The second kappa shape index (κ2) is 5.28. The Bertz CT molecular complexity index is 577. The van der Waals surface area contributed by atoms with Crippen molar-refractivity contribution in [1.29, 1.82) is 0 Å². The summed E-state index contributed by atoms with van der Waals surface area (Å²) >= 11 is 0. The number of nitrogens with zero attached hydrogens (tertiary/aromatic N) is 3. The molecule has 2 atom stereocenters. The van der Waals surface area contributed by atoms with Crippen molar-refractivity contribution in [2.24, 2.45) is 0 Å². The van der Waals surface area contributed by atoms with Crippen molar-refractivity contribution in [1.82, 2.24) is 15.0 Å². The van der Waals surface area contributed by atoms with Crippen molar-refractivity contribution < 1.29 is 19.1 Å². The van der Waals surface area contributed by atoms with Crippen molar-refractivity contribution in [3.05, 3.63) is 36.0 Å². The molecule has 1 fully saturated rings. The van der Waals surface area contributed by atoms with E-state index in [1.807, 2.05) is 4.90 Å². The highest BCUT2D eigenvalue weighted by Gasteiger charge is 2.30. The maximum absolute atomic E-state index is 12.8. The average Bonchev–Trinajstić information content (AvgIpc) is 2.99. The zero-order valence-electron chi connectivity index (χ0n) is 10.6. The molecule has 0 radical (unpaired) electrons. The molecular formula is C13H14FN3O3. The third-order valence-electron chi connectivity index (χ3n) is 3.26. The SMILES string of the molecule is O[C@@H]1CN(Cc2nc(-c3ccc(F)cc3)no2)C[C@@H]1O. The number of aliphatic hydroxyl groups excluding tert-OH is 2. The maximum Gasteiger partial charge on any atom is 0.241 e. The molecule has 106 valence electrons. The van der Waals surface area contributed by atoms with Crippen molar-refractivity contribution in [2.75, 3.05) is 13.1 Å². The lowest BCUT2D eigenvalue weighted by Crippen LogP contribution is -2.22. The minimum Gasteiger partial charge on any atom is -0.389 e. The molecule has 1 aromatic carbocycles. The van der Waals surface area contributed by atoms with Crippen molar-refractivity contribution >= 4 is 0 Å². The normalized spacial score (nSPS) is 23.4. The van der Waals surface area contributed by atoms with Gasteiger partial charge in [0.05, 0.1) is 18.8 Å². The third kappa shape index (κ3) is 2.69. The van der Waals surface area contributed by atoms with Crippen LogP contribution in [0, 0.1) is 5.82 Å². The van der Waals surface area contributed by atoms with E-state index in [1.165, 1.54) is 12.1 Å².